The fourth-order valence-corrected chi connectivity index (χ4v) is 1.98. The van der Waals surface area contributed by atoms with Gasteiger partial charge in [0.25, 0.3) is 5.89 Å². The van der Waals surface area contributed by atoms with E-state index in [-0.39, 0.29) is 5.92 Å². The Hall–Kier alpha value is -1.95. The summed E-state index contributed by atoms with van der Waals surface area (Å²) in [6.45, 7) is 1.48. The Labute approximate surface area is 104 Å². The van der Waals surface area contributed by atoms with Gasteiger partial charge in [-0.1, -0.05) is 5.16 Å². The number of pyridine rings is 1. The maximum atomic E-state index is 5.58. The van der Waals surface area contributed by atoms with E-state index in [0.717, 1.165) is 19.4 Å². The van der Waals surface area contributed by atoms with Gasteiger partial charge in [0.1, 0.15) is 5.69 Å². The highest BCUT2D eigenvalue weighted by atomic mass is 16.5. The van der Waals surface area contributed by atoms with Crippen molar-refractivity contribution in [2.24, 2.45) is 0 Å². The number of hydrogen-bond acceptors (Lipinski definition) is 6. The number of hydrogen-bond donors (Lipinski definition) is 1. The summed E-state index contributed by atoms with van der Waals surface area (Å²) < 4.78 is 10.6. The van der Waals surface area contributed by atoms with E-state index < -0.39 is 0 Å². The van der Waals surface area contributed by atoms with Gasteiger partial charge in [-0.2, -0.15) is 4.98 Å². The van der Waals surface area contributed by atoms with Gasteiger partial charge in [0, 0.05) is 12.5 Å². The molecule has 0 aromatic carbocycles. The first-order valence-corrected chi connectivity index (χ1v) is 5.96. The summed E-state index contributed by atoms with van der Waals surface area (Å²) >= 11 is 0. The van der Waals surface area contributed by atoms with Crippen LogP contribution in [0.3, 0.4) is 0 Å². The molecule has 94 valence electrons. The van der Waals surface area contributed by atoms with Crippen molar-refractivity contribution in [3.8, 4) is 11.6 Å². The zero-order valence-corrected chi connectivity index (χ0v) is 9.87. The molecule has 1 atom stereocenters. The Bertz CT molecular complexity index is 517. The van der Waals surface area contributed by atoms with E-state index in [1.165, 1.54) is 0 Å². The second-order valence-corrected chi connectivity index (χ2v) is 4.35. The number of ether oxygens (including phenoxy) is 1. The van der Waals surface area contributed by atoms with Crippen LogP contribution in [0.5, 0.6) is 0 Å². The second-order valence-electron chi connectivity index (χ2n) is 4.35. The molecular formula is C12H14N4O2. The van der Waals surface area contributed by atoms with Gasteiger partial charge in [-0.15, -0.1) is 0 Å². The number of rotatable bonds is 2. The third-order valence-corrected chi connectivity index (χ3v) is 2.97. The summed E-state index contributed by atoms with van der Waals surface area (Å²) in [5, 5.41) is 4.00. The third-order valence-electron chi connectivity index (χ3n) is 2.97. The van der Waals surface area contributed by atoms with Crippen LogP contribution >= 0.6 is 0 Å². The smallest absolute Gasteiger partial charge is 0.276 e. The normalized spacial score (nSPS) is 19.9. The maximum Gasteiger partial charge on any atom is 0.276 e. The molecule has 2 aromatic heterocycles. The van der Waals surface area contributed by atoms with Gasteiger partial charge in [-0.3, -0.25) is 0 Å². The first kappa shape index (κ1) is 11.2. The molecule has 18 heavy (non-hydrogen) atoms. The Morgan fingerprint density at radius 1 is 1.33 bits per heavy atom. The van der Waals surface area contributed by atoms with Crippen molar-refractivity contribution in [2.45, 2.75) is 18.8 Å². The van der Waals surface area contributed by atoms with Gasteiger partial charge in [-0.05, 0) is 25.0 Å². The van der Waals surface area contributed by atoms with Gasteiger partial charge in [0.15, 0.2) is 5.82 Å². The van der Waals surface area contributed by atoms with Gasteiger partial charge in [0.2, 0.25) is 0 Å². The molecule has 6 heteroatoms. The molecule has 0 bridgehead atoms. The van der Waals surface area contributed by atoms with Gasteiger partial charge < -0.3 is 15.0 Å². The van der Waals surface area contributed by atoms with E-state index in [9.17, 15) is 0 Å². The Morgan fingerprint density at radius 2 is 2.28 bits per heavy atom. The molecule has 3 heterocycles. The van der Waals surface area contributed by atoms with Crippen molar-refractivity contribution in [1.82, 2.24) is 15.1 Å². The summed E-state index contributed by atoms with van der Waals surface area (Å²) in [4.78, 5) is 8.53. The largest absolute Gasteiger partial charge is 0.397 e. The minimum Gasteiger partial charge on any atom is -0.397 e. The molecule has 1 saturated heterocycles. The Kier molecular flexibility index (Phi) is 2.93. The van der Waals surface area contributed by atoms with Gasteiger partial charge >= 0.3 is 0 Å². The van der Waals surface area contributed by atoms with Crippen molar-refractivity contribution in [3.05, 3.63) is 24.2 Å². The Balaban J connectivity index is 1.82. The maximum absolute atomic E-state index is 5.58. The van der Waals surface area contributed by atoms with Gasteiger partial charge in [0.05, 0.1) is 18.5 Å². The molecule has 0 radical (unpaired) electrons. The fraction of sp³-hybridized carbons (Fsp3) is 0.417. The average molecular weight is 246 g/mol. The lowest BCUT2D eigenvalue weighted by molar-refractivity contribution is 0.0773. The van der Waals surface area contributed by atoms with Crippen molar-refractivity contribution in [3.63, 3.8) is 0 Å². The first-order chi connectivity index (χ1) is 8.83. The van der Waals surface area contributed by atoms with Crippen LogP contribution < -0.4 is 5.73 Å². The van der Waals surface area contributed by atoms with Crippen LogP contribution in [0.25, 0.3) is 11.6 Å². The summed E-state index contributed by atoms with van der Waals surface area (Å²) in [5.74, 6) is 1.35. The number of nitrogens with zero attached hydrogens (tertiary/aromatic N) is 3. The van der Waals surface area contributed by atoms with Crippen LogP contribution in [-0.4, -0.2) is 28.3 Å². The molecule has 3 rings (SSSR count). The van der Waals surface area contributed by atoms with Crippen LogP contribution in [0.2, 0.25) is 0 Å². The molecule has 1 aliphatic rings. The highest BCUT2D eigenvalue weighted by Crippen LogP contribution is 2.25. The molecule has 0 aliphatic carbocycles. The predicted octanol–water partition coefficient (Wildman–Crippen LogP) is 1.61. The summed E-state index contributed by atoms with van der Waals surface area (Å²) in [6.07, 6.45) is 3.64. The first-order valence-electron chi connectivity index (χ1n) is 5.96. The predicted molar refractivity (Wildman–Crippen MR) is 64.7 cm³/mol. The van der Waals surface area contributed by atoms with E-state index in [1.54, 1.807) is 18.3 Å². The van der Waals surface area contributed by atoms with Crippen LogP contribution in [0.4, 0.5) is 5.69 Å². The van der Waals surface area contributed by atoms with E-state index in [4.69, 9.17) is 15.0 Å². The van der Waals surface area contributed by atoms with Crippen molar-refractivity contribution < 1.29 is 9.26 Å². The molecule has 1 unspecified atom stereocenters. The topological polar surface area (TPSA) is 87.1 Å². The summed E-state index contributed by atoms with van der Waals surface area (Å²) in [5.41, 5.74) is 6.83. The monoisotopic (exact) mass is 246 g/mol. The molecule has 0 spiro atoms. The lowest BCUT2D eigenvalue weighted by atomic mass is 10.0. The SMILES string of the molecule is Nc1ccc(-c2nc(C3CCCOC3)no2)nc1. The zero-order chi connectivity index (χ0) is 12.4. The molecular weight excluding hydrogens is 232 g/mol. The third kappa shape index (κ3) is 2.19. The fourth-order valence-electron chi connectivity index (χ4n) is 1.98. The van der Waals surface area contributed by atoms with Crippen molar-refractivity contribution >= 4 is 5.69 Å². The van der Waals surface area contributed by atoms with Crippen molar-refractivity contribution in [1.29, 1.82) is 0 Å². The Morgan fingerprint density at radius 3 is 3.00 bits per heavy atom. The number of anilines is 1. The lowest BCUT2D eigenvalue weighted by Crippen LogP contribution is -2.16. The highest BCUT2D eigenvalue weighted by Gasteiger charge is 2.22. The van der Waals surface area contributed by atoms with E-state index in [2.05, 4.69) is 15.1 Å². The van der Waals surface area contributed by atoms with E-state index in [0.29, 0.717) is 29.7 Å². The lowest BCUT2D eigenvalue weighted by Gasteiger charge is -2.18. The van der Waals surface area contributed by atoms with Crippen LogP contribution in [0.15, 0.2) is 22.9 Å². The minimum absolute atomic E-state index is 0.227. The number of nitrogens with two attached hydrogens (primary N) is 1. The minimum atomic E-state index is 0.227. The molecule has 1 aliphatic heterocycles. The summed E-state index contributed by atoms with van der Waals surface area (Å²) in [6, 6.07) is 3.53. The van der Waals surface area contributed by atoms with Gasteiger partial charge in [-0.25, -0.2) is 4.98 Å². The molecule has 2 aromatic rings. The molecule has 0 amide bonds. The van der Waals surface area contributed by atoms with E-state index in [1.807, 2.05) is 0 Å². The highest BCUT2D eigenvalue weighted by molar-refractivity contribution is 5.50. The quantitative estimate of drug-likeness (QED) is 0.866. The number of aromatic nitrogens is 3. The number of nitrogen functional groups attached to an aromatic ring is 1. The molecule has 2 N–H and O–H groups in total. The summed E-state index contributed by atoms with van der Waals surface area (Å²) in [7, 11) is 0. The second kappa shape index (κ2) is 4.73. The molecule has 0 saturated carbocycles. The van der Waals surface area contributed by atoms with Crippen molar-refractivity contribution in [2.75, 3.05) is 18.9 Å². The zero-order valence-electron chi connectivity index (χ0n) is 9.87. The van der Waals surface area contributed by atoms with E-state index >= 15 is 0 Å². The van der Waals surface area contributed by atoms with Crippen LogP contribution in [0.1, 0.15) is 24.6 Å². The average Bonchev–Trinajstić information content (AvgIpc) is 2.90. The molecule has 6 nitrogen and oxygen atoms in total. The van der Waals surface area contributed by atoms with Crippen LogP contribution in [-0.2, 0) is 4.74 Å². The molecule has 1 fully saturated rings. The van der Waals surface area contributed by atoms with Crippen LogP contribution in [0, 0.1) is 0 Å². The standard InChI is InChI=1S/C12H14N4O2/c13-9-3-4-10(14-6-9)12-15-11(16-18-12)8-2-1-5-17-7-8/h3-4,6,8H,1-2,5,7,13H2.